The van der Waals surface area contributed by atoms with E-state index >= 15 is 0 Å². The molecule has 3 fully saturated rings. The molecule has 0 radical (unpaired) electrons. The number of carbonyl (C=O) groups is 1. The zero-order valence-corrected chi connectivity index (χ0v) is 18.1. The maximum absolute atomic E-state index is 13.5. The lowest BCUT2D eigenvalue weighted by molar-refractivity contribution is -0.138. The Balaban J connectivity index is 1.66. The molecule has 29 heavy (non-hydrogen) atoms. The van der Waals surface area contributed by atoms with Crippen molar-refractivity contribution in [2.45, 2.75) is 69.5 Å². The van der Waals surface area contributed by atoms with Crippen LogP contribution in [0.2, 0.25) is 6.32 Å². The Morgan fingerprint density at radius 1 is 1.28 bits per heavy atom. The van der Waals surface area contributed by atoms with E-state index in [0.29, 0.717) is 32.5 Å². The molecule has 0 bridgehead atoms. The van der Waals surface area contributed by atoms with E-state index in [9.17, 15) is 13.2 Å². The summed E-state index contributed by atoms with van der Waals surface area (Å²) < 4.78 is 30.0. The lowest BCUT2D eigenvalue weighted by Gasteiger charge is -2.46. The summed E-state index contributed by atoms with van der Waals surface area (Å²) in [5, 5.41) is 18.1. The summed E-state index contributed by atoms with van der Waals surface area (Å²) >= 11 is 0. The van der Waals surface area contributed by atoms with Crippen LogP contribution in [0.3, 0.4) is 0 Å². The molecule has 0 aromatic rings. The summed E-state index contributed by atoms with van der Waals surface area (Å²) in [7, 11) is -5.05. The minimum absolute atomic E-state index is 0.00910. The standard InChI is InChI=1S/C17H34BN5O5S/c1-12(19)16(24)21-9-15(10-21)23(14-5-6-14)29(27,28)22-8-13(17(2,20)11-22)4-3-7-18(25)26/h12-15,25-26H,3-11,19-20H2,1-2H3/t12-,13-,17-/m0/s1. The molecule has 2 aliphatic heterocycles. The predicted octanol–water partition coefficient (Wildman–Crippen LogP) is -1.84. The van der Waals surface area contributed by atoms with Gasteiger partial charge < -0.3 is 26.4 Å². The van der Waals surface area contributed by atoms with E-state index in [4.69, 9.17) is 21.5 Å². The first-order valence-corrected chi connectivity index (χ1v) is 11.8. The fourth-order valence-corrected chi connectivity index (χ4v) is 6.57. The van der Waals surface area contributed by atoms with E-state index in [2.05, 4.69) is 0 Å². The van der Waals surface area contributed by atoms with E-state index in [1.54, 1.807) is 16.1 Å². The van der Waals surface area contributed by atoms with Gasteiger partial charge in [-0.05, 0) is 45.3 Å². The normalized spacial score (nSPS) is 29.9. The molecule has 2 saturated heterocycles. The minimum Gasteiger partial charge on any atom is -0.427 e. The number of carbonyl (C=O) groups excluding carboxylic acids is 1. The van der Waals surface area contributed by atoms with Gasteiger partial charge in [0.15, 0.2) is 0 Å². The highest BCUT2D eigenvalue weighted by molar-refractivity contribution is 7.86. The monoisotopic (exact) mass is 431 g/mol. The van der Waals surface area contributed by atoms with Crippen molar-refractivity contribution >= 4 is 23.2 Å². The summed E-state index contributed by atoms with van der Waals surface area (Å²) in [5.74, 6) is -0.203. The number of likely N-dealkylation sites (tertiary alicyclic amines) is 1. The van der Waals surface area contributed by atoms with Gasteiger partial charge in [-0.3, -0.25) is 4.79 Å². The molecular formula is C17H34BN5O5S. The van der Waals surface area contributed by atoms with Gasteiger partial charge in [0.1, 0.15) is 0 Å². The predicted molar refractivity (Wildman–Crippen MR) is 110 cm³/mol. The number of hydrogen-bond donors (Lipinski definition) is 4. The lowest BCUT2D eigenvalue weighted by Crippen LogP contribution is -2.66. The molecule has 3 aliphatic rings. The van der Waals surface area contributed by atoms with Crippen molar-refractivity contribution in [3.8, 4) is 0 Å². The Morgan fingerprint density at radius 3 is 2.41 bits per heavy atom. The van der Waals surface area contributed by atoms with Gasteiger partial charge in [-0.15, -0.1) is 0 Å². The van der Waals surface area contributed by atoms with E-state index in [0.717, 1.165) is 12.8 Å². The Morgan fingerprint density at radius 2 is 1.90 bits per heavy atom. The molecule has 0 aromatic carbocycles. The van der Waals surface area contributed by atoms with Crippen LogP contribution in [0, 0.1) is 5.92 Å². The van der Waals surface area contributed by atoms with Crippen LogP contribution in [0.1, 0.15) is 39.5 Å². The Labute approximate surface area is 173 Å². The smallest absolute Gasteiger partial charge is 0.427 e. The summed E-state index contributed by atoms with van der Waals surface area (Å²) in [6, 6.07) is -0.815. The fraction of sp³-hybridized carbons (Fsp3) is 0.941. The fourth-order valence-electron chi connectivity index (χ4n) is 4.39. The Kier molecular flexibility index (Phi) is 6.64. The van der Waals surface area contributed by atoms with Gasteiger partial charge in [0.05, 0.1) is 12.1 Å². The molecule has 12 heteroatoms. The van der Waals surface area contributed by atoms with Crippen molar-refractivity contribution in [1.82, 2.24) is 13.5 Å². The molecule has 0 aromatic heterocycles. The highest BCUT2D eigenvalue weighted by atomic mass is 32.2. The maximum Gasteiger partial charge on any atom is 0.451 e. The van der Waals surface area contributed by atoms with Crippen LogP contribution in [0.4, 0.5) is 0 Å². The molecule has 166 valence electrons. The van der Waals surface area contributed by atoms with Gasteiger partial charge in [-0.25, -0.2) is 0 Å². The number of hydrogen-bond acceptors (Lipinski definition) is 7. The second-order valence-electron chi connectivity index (χ2n) is 9.16. The summed E-state index contributed by atoms with van der Waals surface area (Å²) in [5.41, 5.74) is 11.4. The third-order valence-corrected chi connectivity index (χ3v) is 8.37. The van der Waals surface area contributed by atoms with Crippen molar-refractivity contribution in [1.29, 1.82) is 0 Å². The lowest BCUT2D eigenvalue weighted by atomic mass is 9.79. The number of amides is 1. The van der Waals surface area contributed by atoms with Gasteiger partial charge in [-0.2, -0.15) is 17.0 Å². The van der Waals surface area contributed by atoms with Gasteiger partial charge in [0, 0.05) is 37.8 Å². The average Bonchev–Trinajstić information content (AvgIpc) is 3.33. The number of rotatable bonds is 9. The molecule has 6 N–H and O–H groups in total. The van der Waals surface area contributed by atoms with Gasteiger partial charge >= 0.3 is 7.12 Å². The molecule has 1 aliphatic carbocycles. The molecular weight excluding hydrogens is 397 g/mol. The quantitative estimate of drug-likeness (QED) is 0.313. The topological polar surface area (TPSA) is 153 Å². The third-order valence-electron chi connectivity index (χ3n) is 6.31. The van der Waals surface area contributed by atoms with Crippen LogP contribution in [0.25, 0.3) is 0 Å². The van der Waals surface area contributed by atoms with Gasteiger partial charge in [0.25, 0.3) is 10.2 Å². The maximum atomic E-state index is 13.5. The van der Waals surface area contributed by atoms with Crippen molar-refractivity contribution in [3.63, 3.8) is 0 Å². The Bertz CT molecular complexity index is 709. The molecule has 1 amide bonds. The number of nitrogens with zero attached hydrogens (tertiary/aromatic N) is 3. The second kappa shape index (κ2) is 8.41. The van der Waals surface area contributed by atoms with Gasteiger partial charge in [-0.1, -0.05) is 6.42 Å². The van der Waals surface area contributed by atoms with Crippen LogP contribution < -0.4 is 11.5 Å². The first-order valence-electron chi connectivity index (χ1n) is 10.4. The van der Waals surface area contributed by atoms with Crippen LogP contribution in [0.5, 0.6) is 0 Å². The zero-order chi connectivity index (χ0) is 21.6. The highest BCUT2D eigenvalue weighted by Crippen LogP contribution is 2.38. The SMILES string of the molecule is C[C@H](N)C(=O)N1CC(N(C2CC2)S(=O)(=O)N2C[C@H](CCCB(O)O)[C@@](C)(N)C2)C1. The first kappa shape index (κ1) is 22.9. The molecule has 3 rings (SSSR count). The van der Waals surface area contributed by atoms with E-state index < -0.39 is 28.9 Å². The Hall–Kier alpha value is -0.755. The van der Waals surface area contributed by atoms with Crippen LogP contribution >= 0.6 is 0 Å². The van der Waals surface area contributed by atoms with Crippen LogP contribution in [-0.4, -0.2) is 94.8 Å². The first-order chi connectivity index (χ1) is 13.4. The molecule has 3 atom stereocenters. The number of nitrogens with two attached hydrogens (primary N) is 2. The third kappa shape index (κ3) is 4.95. The van der Waals surface area contributed by atoms with Crippen LogP contribution in [-0.2, 0) is 15.0 Å². The van der Waals surface area contributed by atoms with Crippen molar-refractivity contribution in [2.75, 3.05) is 26.2 Å². The molecule has 2 heterocycles. The van der Waals surface area contributed by atoms with E-state index in [1.807, 2.05) is 6.92 Å². The summed E-state index contributed by atoms with van der Waals surface area (Å²) in [4.78, 5) is 13.6. The zero-order valence-electron chi connectivity index (χ0n) is 17.3. The van der Waals surface area contributed by atoms with Gasteiger partial charge in [0.2, 0.25) is 5.91 Å². The van der Waals surface area contributed by atoms with E-state index in [-0.39, 0.29) is 36.8 Å². The minimum atomic E-state index is -3.69. The molecule has 0 unspecified atom stereocenters. The van der Waals surface area contributed by atoms with Crippen molar-refractivity contribution in [2.24, 2.45) is 17.4 Å². The molecule has 10 nitrogen and oxygen atoms in total. The van der Waals surface area contributed by atoms with E-state index in [1.165, 1.54) is 4.31 Å². The molecule has 1 saturated carbocycles. The molecule has 0 spiro atoms. The summed E-state index contributed by atoms with van der Waals surface area (Å²) in [6.07, 6.45) is 3.14. The largest absolute Gasteiger partial charge is 0.451 e. The summed E-state index contributed by atoms with van der Waals surface area (Å²) in [6.45, 7) is 4.81. The average molecular weight is 431 g/mol. The van der Waals surface area contributed by atoms with Crippen LogP contribution in [0.15, 0.2) is 0 Å². The van der Waals surface area contributed by atoms with Crippen molar-refractivity contribution in [3.05, 3.63) is 0 Å². The highest BCUT2D eigenvalue weighted by Gasteiger charge is 2.52. The second-order valence-corrected chi connectivity index (χ2v) is 11.0. The van der Waals surface area contributed by atoms with Crippen molar-refractivity contribution < 1.29 is 23.3 Å².